The summed E-state index contributed by atoms with van der Waals surface area (Å²) in [5, 5.41) is 0. The summed E-state index contributed by atoms with van der Waals surface area (Å²) >= 11 is 0. The number of benzene rings is 1. The van der Waals surface area contributed by atoms with Crippen LogP contribution in [-0.4, -0.2) is 38.4 Å². The standard InChI is InChI=1S/C13H16F2N2O3S/c1-9(13(18)17-6-2-3-7-17)16-21(19,20)10-4-5-11(14)12(15)8-10/h4-5,8-9,16H,2-3,6-7H2,1H3/t9-/m1/s1. The first-order chi connectivity index (χ1) is 9.81. The summed E-state index contributed by atoms with van der Waals surface area (Å²) in [5.74, 6) is -2.70. The van der Waals surface area contributed by atoms with Gasteiger partial charge in [0.2, 0.25) is 15.9 Å². The van der Waals surface area contributed by atoms with Gasteiger partial charge in [0.25, 0.3) is 0 Å². The molecule has 1 aliphatic heterocycles. The molecule has 2 rings (SSSR count). The molecule has 1 aliphatic rings. The van der Waals surface area contributed by atoms with E-state index in [0.717, 1.165) is 25.0 Å². The predicted octanol–water partition coefficient (Wildman–Crippen LogP) is 1.25. The molecule has 8 heteroatoms. The number of likely N-dealkylation sites (tertiary alicyclic amines) is 1. The van der Waals surface area contributed by atoms with Crippen LogP contribution in [0.2, 0.25) is 0 Å². The maximum absolute atomic E-state index is 13.1. The van der Waals surface area contributed by atoms with Crippen LogP contribution in [0.3, 0.4) is 0 Å². The second-order valence-electron chi connectivity index (χ2n) is 4.95. The van der Waals surface area contributed by atoms with Gasteiger partial charge >= 0.3 is 0 Å². The first kappa shape index (κ1) is 15.8. The summed E-state index contributed by atoms with van der Waals surface area (Å²) < 4.78 is 52.2. The molecule has 0 radical (unpaired) electrons. The van der Waals surface area contributed by atoms with Gasteiger partial charge in [0, 0.05) is 13.1 Å². The van der Waals surface area contributed by atoms with Crippen LogP contribution in [0.5, 0.6) is 0 Å². The Morgan fingerprint density at radius 3 is 2.43 bits per heavy atom. The van der Waals surface area contributed by atoms with Crippen molar-refractivity contribution >= 4 is 15.9 Å². The van der Waals surface area contributed by atoms with Crippen LogP contribution in [-0.2, 0) is 14.8 Å². The number of halogens is 2. The van der Waals surface area contributed by atoms with Crippen LogP contribution in [0, 0.1) is 11.6 Å². The fraction of sp³-hybridized carbons (Fsp3) is 0.462. The van der Waals surface area contributed by atoms with Gasteiger partial charge < -0.3 is 4.90 Å². The van der Waals surface area contributed by atoms with Crippen LogP contribution in [0.25, 0.3) is 0 Å². The number of nitrogens with one attached hydrogen (secondary N) is 1. The molecule has 0 spiro atoms. The van der Waals surface area contributed by atoms with Crippen molar-refractivity contribution in [1.29, 1.82) is 0 Å². The van der Waals surface area contributed by atoms with Gasteiger partial charge in [0.15, 0.2) is 11.6 Å². The van der Waals surface area contributed by atoms with E-state index in [-0.39, 0.29) is 5.91 Å². The van der Waals surface area contributed by atoms with E-state index >= 15 is 0 Å². The van der Waals surface area contributed by atoms with Crippen LogP contribution >= 0.6 is 0 Å². The maximum Gasteiger partial charge on any atom is 0.241 e. The van der Waals surface area contributed by atoms with Crippen LogP contribution < -0.4 is 4.72 Å². The average Bonchev–Trinajstić information content (AvgIpc) is 2.94. The molecule has 0 unspecified atom stereocenters. The molecule has 1 fully saturated rings. The lowest BCUT2D eigenvalue weighted by Crippen LogP contribution is -2.45. The fourth-order valence-corrected chi connectivity index (χ4v) is 3.41. The predicted molar refractivity (Wildman–Crippen MR) is 72.0 cm³/mol. The molecule has 0 aromatic heterocycles. The summed E-state index contributed by atoms with van der Waals surface area (Å²) in [5.41, 5.74) is 0. The summed E-state index contributed by atoms with van der Waals surface area (Å²) in [7, 11) is -4.08. The van der Waals surface area contributed by atoms with Crippen molar-refractivity contribution in [1.82, 2.24) is 9.62 Å². The minimum atomic E-state index is -4.08. The zero-order valence-corrected chi connectivity index (χ0v) is 12.3. The number of sulfonamides is 1. The van der Waals surface area contributed by atoms with Gasteiger partial charge in [0.05, 0.1) is 10.9 Å². The number of carbonyl (C=O) groups excluding carboxylic acids is 1. The van der Waals surface area contributed by atoms with E-state index in [0.29, 0.717) is 19.2 Å². The second kappa shape index (κ2) is 6.07. The van der Waals surface area contributed by atoms with E-state index in [2.05, 4.69) is 4.72 Å². The highest BCUT2D eigenvalue weighted by molar-refractivity contribution is 7.89. The van der Waals surface area contributed by atoms with E-state index in [9.17, 15) is 22.0 Å². The molecule has 0 bridgehead atoms. The highest BCUT2D eigenvalue weighted by Gasteiger charge is 2.27. The van der Waals surface area contributed by atoms with Crippen molar-refractivity contribution in [2.75, 3.05) is 13.1 Å². The second-order valence-corrected chi connectivity index (χ2v) is 6.67. The molecule has 1 aromatic rings. The van der Waals surface area contributed by atoms with Crippen molar-refractivity contribution < 1.29 is 22.0 Å². The molecule has 1 saturated heterocycles. The fourth-order valence-electron chi connectivity index (χ4n) is 2.21. The van der Waals surface area contributed by atoms with Gasteiger partial charge in [-0.2, -0.15) is 4.72 Å². The quantitative estimate of drug-likeness (QED) is 0.909. The highest BCUT2D eigenvalue weighted by atomic mass is 32.2. The maximum atomic E-state index is 13.1. The van der Waals surface area contributed by atoms with Crippen molar-refractivity contribution in [3.63, 3.8) is 0 Å². The molecule has 5 nitrogen and oxygen atoms in total. The average molecular weight is 318 g/mol. The molecule has 1 atom stereocenters. The Kier molecular flexibility index (Phi) is 4.58. The number of hydrogen-bond donors (Lipinski definition) is 1. The Morgan fingerprint density at radius 1 is 1.24 bits per heavy atom. The molecule has 0 saturated carbocycles. The van der Waals surface area contributed by atoms with Gasteiger partial charge in [0.1, 0.15) is 0 Å². The van der Waals surface area contributed by atoms with Crippen molar-refractivity contribution in [2.45, 2.75) is 30.7 Å². The van der Waals surface area contributed by atoms with Gasteiger partial charge in [-0.05, 0) is 38.0 Å². The van der Waals surface area contributed by atoms with Crippen molar-refractivity contribution in [3.05, 3.63) is 29.8 Å². The smallest absolute Gasteiger partial charge is 0.241 e. The third kappa shape index (κ3) is 3.56. The molecular formula is C13H16F2N2O3S. The molecule has 1 heterocycles. The lowest BCUT2D eigenvalue weighted by molar-refractivity contribution is -0.131. The van der Waals surface area contributed by atoms with Gasteiger partial charge in [-0.15, -0.1) is 0 Å². The normalized spacial score (nSPS) is 17.0. The topological polar surface area (TPSA) is 66.5 Å². The zero-order chi connectivity index (χ0) is 15.6. The van der Waals surface area contributed by atoms with Crippen LogP contribution in [0.1, 0.15) is 19.8 Å². The number of nitrogens with zero attached hydrogens (tertiary/aromatic N) is 1. The van der Waals surface area contributed by atoms with E-state index in [1.807, 2.05) is 0 Å². The SMILES string of the molecule is C[C@@H](NS(=O)(=O)c1ccc(F)c(F)c1)C(=O)N1CCCC1. The van der Waals surface area contributed by atoms with E-state index in [1.54, 1.807) is 4.90 Å². The van der Waals surface area contributed by atoms with E-state index in [4.69, 9.17) is 0 Å². The lowest BCUT2D eigenvalue weighted by Gasteiger charge is -2.21. The summed E-state index contributed by atoms with van der Waals surface area (Å²) in [6, 6.07) is 1.32. The Hall–Kier alpha value is -1.54. The summed E-state index contributed by atoms with van der Waals surface area (Å²) in [4.78, 5) is 13.2. The Labute approximate surface area is 122 Å². The molecule has 1 aromatic carbocycles. The van der Waals surface area contributed by atoms with Crippen molar-refractivity contribution in [2.24, 2.45) is 0 Å². The molecule has 1 amide bonds. The van der Waals surface area contributed by atoms with Crippen LogP contribution in [0.15, 0.2) is 23.1 Å². The molecule has 0 aliphatic carbocycles. The van der Waals surface area contributed by atoms with Crippen molar-refractivity contribution in [3.8, 4) is 0 Å². The first-order valence-corrected chi connectivity index (χ1v) is 8.06. The molecule has 116 valence electrons. The minimum Gasteiger partial charge on any atom is -0.341 e. The molecular weight excluding hydrogens is 302 g/mol. The van der Waals surface area contributed by atoms with E-state index < -0.39 is 32.6 Å². The Balaban J connectivity index is 2.12. The zero-order valence-electron chi connectivity index (χ0n) is 11.5. The number of hydrogen-bond acceptors (Lipinski definition) is 3. The Bertz CT molecular complexity index is 643. The number of carbonyl (C=O) groups is 1. The molecule has 21 heavy (non-hydrogen) atoms. The third-order valence-corrected chi connectivity index (χ3v) is 4.86. The lowest BCUT2D eigenvalue weighted by atomic mass is 10.3. The number of rotatable bonds is 4. The number of amides is 1. The minimum absolute atomic E-state index is 0.321. The largest absolute Gasteiger partial charge is 0.341 e. The first-order valence-electron chi connectivity index (χ1n) is 6.57. The third-order valence-electron chi connectivity index (χ3n) is 3.32. The summed E-state index contributed by atoms with van der Waals surface area (Å²) in [6.07, 6.45) is 1.79. The molecule has 1 N–H and O–H groups in total. The van der Waals surface area contributed by atoms with Gasteiger partial charge in [-0.3, -0.25) is 4.79 Å². The van der Waals surface area contributed by atoms with Gasteiger partial charge in [-0.25, -0.2) is 17.2 Å². The Morgan fingerprint density at radius 2 is 1.86 bits per heavy atom. The van der Waals surface area contributed by atoms with Crippen LogP contribution in [0.4, 0.5) is 8.78 Å². The van der Waals surface area contributed by atoms with Gasteiger partial charge in [-0.1, -0.05) is 0 Å². The van der Waals surface area contributed by atoms with E-state index in [1.165, 1.54) is 6.92 Å². The monoisotopic (exact) mass is 318 g/mol. The highest BCUT2D eigenvalue weighted by Crippen LogP contribution is 2.15. The summed E-state index contributed by atoms with van der Waals surface area (Å²) in [6.45, 7) is 2.64.